The summed E-state index contributed by atoms with van der Waals surface area (Å²) in [5.41, 5.74) is 0. The van der Waals surface area contributed by atoms with Crippen LogP contribution in [0.15, 0.2) is 45.9 Å². The molecule has 9 heteroatoms. The standard InChI is InChI=1S/C14H13Cl2NO5S/c1-21-14(18)9-17(8-11-3-2-6-22-11)23(19,20)13-7-10(15)4-5-12(13)16/h2-7H,8-9H2,1H3. The van der Waals surface area contributed by atoms with Gasteiger partial charge in [-0.15, -0.1) is 0 Å². The van der Waals surface area contributed by atoms with Crippen molar-refractivity contribution in [2.45, 2.75) is 11.4 Å². The lowest BCUT2D eigenvalue weighted by molar-refractivity contribution is -0.140. The molecule has 1 heterocycles. The van der Waals surface area contributed by atoms with Crippen molar-refractivity contribution >= 4 is 39.2 Å². The number of hydrogen-bond donors (Lipinski definition) is 0. The van der Waals surface area contributed by atoms with Crippen molar-refractivity contribution in [3.63, 3.8) is 0 Å². The van der Waals surface area contributed by atoms with Crippen LogP contribution in [-0.4, -0.2) is 32.3 Å². The van der Waals surface area contributed by atoms with Crippen molar-refractivity contribution in [3.8, 4) is 0 Å². The molecular weight excluding hydrogens is 365 g/mol. The van der Waals surface area contributed by atoms with E-state index in [0.29, 0.717) is 5.76 Å². The largest absolute Gasteiger partial charge is 0.468 e. The summed E-state index contributed by atoms with van der Waals surface area (Å²) in [6, 6.07) is 7.29. The van der Waals surface area contributed by atoms with Gasteiger partial charge in [-0.1, -0.05) is 23.2 Å². The zero-order valence-electron chi connectivity index (χ0n) is 12.0. The highest BCUT2D eigenvalue weighted by Gasteiger charge is 2.30. The van der Waals surface area contributed by atoms with Gasteiger partial charge in [-0.25, -0.2) is 8.42 Å². The molecule has 0 amide bonds. The van der Waals surface area contributed by atoms with E-state index in [2.05, 4.69) is 4.74 Å². The summed E-state index contributed by atoms with van der Waals surface area (Å²) in [5, 5.41) is 0.215. The number of benzene rings is 1. The molecule has 0 atom stereocenters. The molecule has 1 aromatic carbocycles. The van der Waals surface area contributed by atoms with Gasteiger partial charge in [0.25, 0.3) is 0 Å². The molecule has 0 bridgehead atoms. The number of sulfonamides is 1. The number of halogens is 2. The van der Waals surface area contributed by atoms with Gasteiger partial charge in [0.05, 0.1) is 24.9 Å². The Bertz CT molecular complexity index is 790. The van der Waals surface area contributed by atoms with Gasteiger partial charge < -0.3 is 9.15 Å². The van der Waals surface area contributed by atoms with Crippen LogP contribution in [0.1, 0.15) is 5.76 Å². The maximum absolute atomic E-state index is 12.8. The van der Waals surface area contributed by atoms with Crippen LogP contribution >= 0.6 is 23.2 Å². The number of methoxy groups -OCH3 is 1. The van der Waals surface area contributed by atoms with Gasteiger partial charge >= 0.3 is 5.97 Å². The van der Waals surface area contributed by atoms with Crippen LogP contribution in [0.2, 0.25) is 10.0 Å². The molecular formula is C14H13Cl2NO5S. The minimum absolute atomic E-state index is 0.00344. The van der Waals surface area contributed by atoms with Crippen LogP contribution in [0.4, 0.5) is 0 Å². The Morgan fingerprint density at radius 3 is 2.65 bits per heavy atom. The van der Waals surface area contributed by atoms with Crippen LogP contribution in [0.5, 0.6) is 0 Å². The molecule has 0 spiro atoms. The molecule has 124 valence electrons. The molecule has 0 unspecified atom stereocenters. The normalized spacial score (nSPS) is 11.7. The third-order valence-corrected chi connectivity index (χ3v) is 5.46. The van der Waals surface area contributed by atoms with Crippen LogP contribution in [0, 0.1) is 0 Å². The maximum atomic E-state index is 12.8. The molecule has 2 aromatic rings. The van der Waals surface area contributed by atoms with Gasteiger partial charge in [0.1, 0.15) is 17.2 Å². The van der Waals surface area contributed by atoms with Crippen molar-refractivity contribution in [2.75, 3.05) is 13.7 Å². The second-order valence-corrected chi connectivity index (χ2v) is 7.25. The Hall–Kier alpha value is -1.54. The molecule has 0 aliphatic rings. The molecule has 0 aliphatic carbocycles. The Morgan fingerprint density at radius 2 is 2.04 bits per heavy atom. The summed E-state index contributed by atoms with van der Waals surface area (Å²) in [6.45, 7) is -0.629. The summed E-state index contributed by atoms with van der Waals surface area (Å²) in [6.07, 6.45) is 1.41. The number of carbonyl (C=O) groups is 1. The zero-order chi connectivity index (χ0) is 17.0. The van der Waals surface area contributed by atoms with Crippen LogP contribution in [-0.2, 0) is 26.1 Å². The van der Waals surface area contributed by atoms with Crippen LogP contribution < -0.4 is 0 Å². The molecule has 0 saturated heterocycles. The fourth-order valence-corrected chi connectivity index (χ4v) is 3.91. The number of ether oxygens (including phenoxy) is 1. The highest BCUT2D eigenvalue weighted by molar-refractivity contribution is 7.89. The number of hydrogen-bond acceptors (Lipinski definition) is 5. The first-order valence-electron chi connectivity index (χ1n) is 6.39. The molecule has 2 rings (SSSR count). The predicted octanol–water partition coefficient (Wildman–Crippen LogP) is 2.95. The number of furan rings is 1. The van der Waals surface area contributed by atoms with E-state index in [0.717, 1.165) is 4.31 Å². The van der Waals surface area contributed by atoms with Gasteiger partial charge in [-0.05, 0) is 30.3 Å². The SMILES string of the molecule is COC(=O)CN(Cc1ccco1)S(=O)(=O)c1cc(Cl)ccc1Cl. The smallest absolute Gasteiger partial charge is 0.321 e. The number of esters is 1. The minimum atomic E-state index is -4.08. The van der Waals surface area contributed by atoms with E-state index in [4.69, 9.17) is 27.6 Å². The first-order valence-corrected chi connectivity index (χ1v) is 8.58. The van der Waals surface area contributed by atoms with E-state index in [-0.39, 0.29) is 21.5 Å². The van der Waals surface area contributed by atoms with Crippen molar-refractivity contribution in [1.29, 1.82) is 0 Å². The van der Waals surface area contributed by atoms with Crippen molar-refractivity contribution < 1.29 is 22.4 Å². The van der Waals surface area contributed by atoms with E-state index >= 15 is 0 Å². The summed E-state index contributed by atoms with van der Waals surface area (Å²) in [7, 11) is -2.91. The van der Waals surface area contributed by atoms with Crippen LogP contribution in [0.25, 0.3) is 0 Å². The van der Waals surface area contributed by atoms with Gasteiger partial charge in [0.2, 0.25) is 10.0 Å². The highest BCUT2D eigenvalue weighted by atomic mass is 35.5. The topological polar surface area (TPSA) is 76.8 Å². The van der Waals surface area contributed by atoms with E-state index in [1.165, 1.54) is 31.6 Å². The first kappa shape index (κ1) is 17.8. The fourth-order valence-electron chi connectivity index (χ4n) is 1.82. The van der Waals surface area contributed by atoms with Crippen molar-refractivity contribution in [1.82, 2.24) is 4.31 Å². The summed E-state index contributed by atoms with van der Waals surface area (Å²) >= 11 is 11.8. The van der Waals surface area contributed by atoms with Crippen molar-refractivity contribution in [2.24, 2.45) is 0 Å². The third kappa shape index (κ3) is 4.26. The second-order valence-electron chi connectivity index (χ2n) is 4.50. The molecule has 1 aromatic heterocycles. The lowest BCUT2D eigenvalue weighted by Gasteiger charge is -2.20. The average molecular weight is 378 g/mol. The second kappa shape index (κ2) is 7.35. The Morgan fingerprint density at radius 1 is 1.30 bits per heavy atom. The molecule has 0 N–H and O–H groups in total. The molecule has 0 saturated carbocycles. The van der Waals surface area contributed by atoms with Gasteiger partial charge in [-0.2, -0.15) is 4.31 Å². The van der Waals surface area contributed by atoms with Gasteiger partial charge in [-0.3, -0.25) is 4.79 Å². The monoisotopic (exact) mass is 377 g/mol. The lowest BCUT2D eigenvalue weighted by Crippen LogP contribution is -2.35. The lowest BCUT2D eigenvalue weighted by atomic mass is 10.4. The van der Waals surface area contributed by atoms with Crippen LogP contribution in [0.3, 0.4) is 0 Å². The van der Waals surface area contributed by atoms with E-state index in [1.807, 2.05) is 0 Å². The Kier molecular flexibility index (Phi) is 5.69. The molecule has 23 heavy (non-hydrogen) atoms. The van der Waals surface area contributed by atoms with Gasteiger partial charge in [0, 0.05) is 5.02 Å². The van der Waals surface area contributed by atoms with E-state index in [9.17, 15) is 13.2 Å². The Labute approximate surface area is 143 Å². The quantitative estimate of drug-likeness (QED) is 0.723. The fraction of sp³-hybridized carbons (Fsp3) is 0.214. The molecule has 6 nitrogen and oxygen atoms in total. The zero-order valence-corrected chi connectivity index (χ0v) is 14.4. The summed E-state index contributed by atoms with van der Waals surface area (Å²) in [5.74, 6) is -0.339. The minimum Gasteiger partial charge on any atom is -0.468 e. The summed E-state index contributed by atoms with van der Waals surface area (Å²) < 4.78 is 36.2. The summed E-state index contributed by atoms with van der Waals surface area (Å²) in [4.78, 5) is 11.4. The average Bonchev–Trinajstić information content (AvgIpc) is 3.01. The van der Waals surface area contributed by atoms with E-state index in [1.54, 1.807) is 12.1 Å². The molecule has 0 radical (unpaired) electrons. The van der Waals surface area contributed by atoms with E-state index < -0.39 is 22.5 Å². The number of nitrogens with zero attached hydrogens (tertiary/aromatic N) is 1. The Balaban J connectivity index is 2.43. The predicted molar refractivity (Wildman–Crippen MR) is 84.8 cm³/mol. The number of rotatable bonds is 6. The van der Waals surface area contributed by atoms with Crippen molar-refractivity contribution in [3.05, 3.63) is 52.4 Å². The third-order valence-electron chi connectivity index (χ3n) is 2.96. The first-order chi connectivity index (χ1) is 10.8. The highest BCUT2D eigenvalue weighted by Crippen LogP contribution is 2.28. The molecule has 0 fully saturated rings. The molecule has 0 aliphatic heterocycles. The number of carbonyl (C=O) groups excluding carboxylic acids is 1. The van der Waals surface area contributed by atoms with Gasteiger partial charge in [0.15, 0.2) is 0 Å². The maximum Gasteiger partial charge on any atom is 0.321 e.